The third-order valence-electron chi connectivity index (χ3n) is 11.3. The lowest BCUT2D eigenvalue weighted by Crippen LogP contribution is -2.50. The smallest absolute Gasteiger partial charge is 0.0868 e. The van der Waals surface area contributed by atoms with E-state index >= 15 is 0 Å². The van der Waals surface area contributed by atoms with Gasteiger partial charge in [-0.05, 0) is 117 Å². The Bertz CT molecular complexity index is 872. The molecule has 1 aromatic carbocycles. The van der Waals surface area contributed by atoms with Crippen LogP contribution in [0.15, 0.2) is 42.0 Å². The normalized spacial score (nSPS) is 43.0. The first-order valence-corrected chi connectivity index (χ1v) is 13.8. The molecule has 0 unspecified atom stereocenters. The van der Waals surface area contributed by atoms with Gasteiger partial charge in [-0.3, -0.25) is 0 Å². The van der Waals surface area contributed by atoms with Gasteiger partial charge in [-0.15, -0.1) is 0 Å². The zero-order chi connectivity index (χ0) is 23.4. The summed E-state index contributed by atoms with van der Waals surface area (Å²) in [5.41, 5.74) is 2.67. The Labute approximate surface area is 201 Å². The van der Waals surface area contributed by atoms with Gasteiger partial charge in [0.25, 0.3) is 0 Å². The lowest BCUT2D eigenvalue weighted by molar-refractivity contribution is -0.0589. The topological polar surface area (TPSA) is 40.5 Å². The van der Waals surface area contributed by atoms with E-state index in [9.17, 15) is 10.2 Å². The first-order valence-electron chi connectivity index (χ1n) is 13.8. The minimum atomic E-state index is -0.739. The van der Waals surface area contributed by atoms with Crippen molar-refractivity contribution in [1.82, 2.24) is 0 Å². The molecular weight excluding hydrogens is 404 g/mol. The van der Waals surface area contributed by atoms with E-state index in [2.05, 4.69) is 39.0 Å². The van der Waals surface area contributed by atoms with Crippen LogP contribution in [0, 0.1) is 40.4 Å². The third kappa shape index (κ3) is 3.94. The molecule has 0 radical (unpaired) electrons. The van der Waals surface area contributed by atoms with E-state index in [1.807, 2.05) is 25.1 Å². The molecule has 4 aliphatic carbocycles. The van der Waals surface area contributed by atoms with Crippen LogP contribution in [-0.2, 0) is 5.60 Å². The molecular formula is C31H46O2. The highest BCUT2D eigenvalue weighted by molar-refractivity contribution is 5.25. The highest BCUT2D eigenvalue weighted by atomic mass is 16.3. The van der Waals surface area contributed by atoms with E-state index in [4.69, 9.17) is 0 Å². The average molecular weight is 451 g/mol. The van der Waals surface area contributed by atoms with Gasteiger partial charge in [0.1, 0.15) is 0 Å². The molecule has 5 rings (SSSR count). The van der Waals surface area contributed by atoms with E-state index < -0.39 is 5.60 Å². The minimum Gasteiger partial charge on any atom is -0.393 e. The summed E-state index contributed by atoms with van der Waals surface area (Å²) in [6, 6.07) is 10.2. The fraction of sp³-hybridized carbons (Fsp3) is 0.742. The number of benzene rings is 1. The summed E-state index contributed by atoms with van der Waals surface area (Å²) >= 11 is 0. The van der Waals surface area contributed by atoms with Crippen molar-refractivity contribution in [3.05, 3.63) is 47.5 Å². The molecule has 0 aromatic heterocycles. The van der Waals surface area contributed by atoms with Crippen molar-refractivity contribution in [1.29, 1.82) is 0 Å². The van der Waals surface area contributed by atoms with Crippen LogP contribution >= 0.6 is 0 Å². The van der Waals surface area contributed by atoms with Crippen LogP contribution in [0.3, 0.4) is 0 Å². The Morgan fingerprint density at radius 2 is 1.79 bits per heavy atom. The van der Waals surface area contributed by atoms with E-state index in [-0.39, 0.29) is 6.10 Å². The summed E-state index contributed by atoms with van der Waals surface area (Å²) in [4.78, 5) is 0. The maximum Gasteiger partial charge on any atom is 0.0868 e. The first kappa shape index (κ1) is 23.6. The Morgan fingerprint density at radius 1 is 1.03 bits per heavy atom. The second-order valence-electron chi connectivity index (χ2n) is 13.0. The molecule has 4 aliphatic rings. The van der Waals surface area contributed by atoms with Gasteiger partial charge in [-0.2, -0.15) is 0 Å². The van der Waals surface area contributed by atoms with Crippen LogP contribution in [0.5, 0.6) is 0 Å². The summed E-state index contributed by atoms with van der Waals surface area (Å²) in [6.07, 6.45) is 14.2. The number of rotatable bonds is 5. The zero-order valence-corrected chi connectivity index (χ0v) is 21.4. The molecule has 0 amide bonds. The van der Waals surface area contributed by atoms with E-state index in [0.29, 0.717) is 16.7 Å². The molecule has 3 saturated carbocycles. The summed E-state index contributed by atoms with van der Waals surface area (Å²) in [5.74, 6) is 3.93. The Balaban J connectivity index is 1.29. The molecule has 0 heterocycles. The first-order chi connectivity index (χ1) is 15.6. The largest absolute Gasteiger partial charge is 0.393 e. The monoisotopic (exact) mass is 450 g/mol. The second kappa shape index (κ2) is 8.52. The molecule has 2 heteroatoms. The molecule has 182 valence electrons. The molecule has 0 aliphatic heterocycles. The summed E-state index contributed by atoms with van der Waals surface area (Å²) in [6.45, 7) is 9.62. The van der Waals surface area contributed by atoms with Gasteiger partial charge in [0, 0.05) is 0 Å². The highest BCUT2D eigenvalue weighted by Gasteiger charge is 2.59. The Hall–Kier alpha value is -1.12. The van der Waals surface area contributed by atoms with Gasteiger partial charge in [-0.25, -0.2) is 0 Å². The maximum atomic E-state index is 11.2. The second-order valence-corrected chi connectivity index (χ2v) is 13.0. The van der Waals surface area contributed by atoms with Crippen LogP contribution in [0.4, 0.5) is 0 Å². The van der Waals surface area contributed by atoms with Crippen molar-refractivity contribution in [3.63, 3.8) is 0 Å². The summed E-state index contributed by atoms with van der Waals surface area (Å²) in [5, 5.41) is 21.4. The van der Waals surface area contributed by atoms with Gasteiger partial charge in [0.05, 0.1) is 11.7 Å². The molecule has 3 fully saturated rings. The van der Waals surface area contributed by atoms with Gasteiger partial charge < -0.3 is 10.2 Å². The highest BCUT2D eigenvalue weighted by Crippen LogP contribution is 2.67. The number of aliphatic hydroxyl groups is 2. The third-order valence-corrected chi connectivity index (χ3v) is 11.3. The molecule has 33 heavy (non-hydrogen) atoms. The minimum absolute atomic E-state index is 0.112. The van der Waals surface area contributed by atoms with Gasteiger partial charge in [-0.1, -0.05) is 62.8 Å². The van der Waals surface area contributed by atoms with E-state index in [1.54, 1.807) is 5.57 Å². The lowest BCUT2D eigenvalue weighted by Gasteiger charge is -2.58. The van der Waals surface area contributed by atoms with E-state index in [1.165, 1.54) is 38.5 Å². The molecule has 0 saturated heterocycles. The molecule has 2 nitrogen and oxygen atoms in total. The predicted octanol–water partition coefficient (Wildman–Crippen LogP) is 7.25. The molecule has 2 N–H and O–H groups in total. The van der Waals surface area contributed by atoms with Crippen molar-refractivity contribution >= 4 is 0 Å². The maximum absolute atomic E-state index is 11.2. The standard InChI is InChI=1S/C31H46O2/c1-21(14-19-31(4,33)22-8-6-5-7-9-22)26-12-13-27-25-11-10-23-20-24(32)15-17-29(23,2)28(25)16-18-30(26,27)3/h5-10,21,24-28,32-33H,11-20H2,1-4H3/t21-,24-,25+,26-,27+,28+,29-,30+,31-/m0/s1. The van der Waals surface area contributed by atoms with Crippen molar-refractivity contribution in [3.8, 4) is 0 Å². The molecule has 1 aromatic rings. The van der Waals surface area contributed by atoms with Gasteiger partial charge in [0.15, 0.2) is 0 Å². The Morgan fingerprint density at radius 3 is 2.55 bits per heavy atom. The Kier molecular flexibility index (Phi) is 6.10. The van der Waals surface area contributed by atoms with Crippen molar-refractivity contribution in [2.75, 3.05) is 0 Å². The van der Waals surface area contributed by atoms with Crippen molar-refractivity contribution < 1.29 is 10.2 Å². The van der Waals surface area contributed by atoms with Crippen LogP contribution < -0.4 is 0 Å². The number of allylic oxidation sites excluding steroid dienone is 1. The number of aliphatic hydroxyl groups excluding tert-OH is 1. The summed E-state index contributed by atoms with van der Waals surface area (Å²) in [7, 11) is 0. The van der Waals surface area contributed by atoms with Crippen molar-refractivity contribution in [2.45, 2.75) is 104 Å². The molecule has 0 bridgehead atoms. The number of hydrogen-bond acceptors (Lipinski definition) is 2. The fourth-order valence-corrected chi connectivity index (χ4v) is 9.27. The fourth-order valence-electron chi connectivity index (χ4n) is 9.27. The van der Waals surface area contributed by atoms with Crippen LogP contribution in [0.1, 0.15) is 97.5 Å². The SMILES string of the molecule is C[C@@H](CC[C@](C)(O)c1ccccc1)[C@@H]1CC[C@@H]2[C@H]3CC=C4C[C@@H](O)CC[C@]4(C)[C@@H]3CC[C@@]21C. The molecule has 0 spiro atoms. The lowest BCUT2D eigenvalue weighted by atomic mass is 9.47. The zero-order valence-electron chi connectivity index (χ0n) is 21.4. The average Bonchev–Trinajstić information content (AvgIpc) is 3.16. The van der Waals surface area contributed by atoms with Gasteiger partial charge in [0.2, 0.25) is 0 Å². The number of fused-ring (bicyclic) bond motifs is 5. The molecule has 9 atom stereocenters. The van der Waals surface area contributed by atoms with Crippen LogP contribution in [0.25, 0.3) is 0 Å². The van der Waals surface area contributed by atoms with Crippen molar-refractivity contribution in [2.24, 2.45) is 40.4 Å². The van der Waals surface area contributed by atoms with Crippen LogP contribution in [-0.4, -0.2) is 16.3 Å². The van der Waals surface area contributed by atoms with E-state index in [0.717, 1.165) is 54.9 Å². The predicted molar refractivity (Wildman–Crippen MR) is 136 cm³/mol. The summed E-state index contributed by atoms with van der Waals surface area (Å²) < 4.78 is 0. The van der Waals surface area contributed by atoms with Gasteiger partial charge >= 0.3 is 0 Å². The number of hydrogen-bond donors (Lipinski definition) is 2. The van der Waals surface area contributed by atoms with Crippen LogP contribution in [0.2, 0.25) is 0 Å². The quantitative estimate of drug-likeness (QED) is 0.464.